The molecule has 4 atom stereocenters. The molecule has 1 fully saturated rings. The van der Waals surface area contributed by atoms with E-state index in [1.807, 2.05) is 0 Å². The molecule has 0 saturated heterocycles. The number of hydrogen-bond acceptors (Lipinski definition) is 4. The molecule has 19 heavy (non-hydrogen) atoms. The van der Waals surface area contributed by atoms with E-state index in [-0.39, 0.29) is 12.3 Å². The second-order valence-electron chi connectivity index (χ2n) is 4.74. The van der Waals surface area contributed by atoms with Gasteiger partial charge in [0.1, 0.15) is 5.60 Å². The summed E-state index contributed by atoms with van der Waals surface area (Å²) in [6.45, 7) is 0. The maximum Gasteiger partial charge on any atom is 0.490 e. The quantitative estimate of drug-likeness (QED) is 0.555. The van der Waals surface area contributed by atoms with Crippen molar-refractivity contribution in [1.82, 2.24) is 5.32 Å². The van der Waals surface area contributed by atoms with E-state index >= 15 is 0 Å². The largest absolute Gasteiger partial charge is 0.490 e. The summed E-state index contributed by atoms with van der Waals surface area (Å²) in [4.78, 5) is 22.8. The van der Waals surface area contributed by atoms with Crippen LogP contribution in [0.1, 0.15) is 6.42 Å². The van der Waals surface area contributed by atoms with Crippen molar-refractivity contribution in [3.05, 3.63) is 12.2 Å². The van der Waals surface area contributed by atoms with Gasteiger partial charge in [-0.3, -0.25) is 4.79 Å². The lowest BCUT2D eigenvalue weighted by Gasteiger charge is -2.33. The summed E-state index contributed by atoms with van der Waals surface area (Å²) in [5.74, 6) is -4.10. The molecule has 5 nitrogen and oxygen atoms in total. The molecule has 2 aliphatic rings. The van der Waals surface area contributed by atoms with Crippen LogP contribution in [0.15, 0.2) is 12.2 Å². The topological polar surface area (TPSA) is 81.4 Å². The fraction of sp³-hybridized carbons (Fsp3) is 0.636. The number of fused-ring (bicyclic) bond motifs is 2. The fourth-order valence-electron chi connectivity index (χ4n) is 2.78. The van der Waals surface area contributed by atoms with Gasteiger partial charge in [-0.1, -0.05) is 6.08 Å². The van der Waals surface area contributed by atoms with Gasteiger partial charge in [0, 0.05) is 13.1 Å². The van der Waals surface area contributed by atoms with E-state index in [2.05, 4.69) is 10.1 Å². The van der Waals surface area contributed by atoms with Crippen LogP contribution in [-0.4, -0.2) is 36.7 Å². The van der Waals surface area contributed by atoms with Gasteiger partial charge >= 0.3 is 12.1 Å². The molecule has 1 amide bonds. The lowest BCUT2D eigenvalue weighted by molar-refractivity contribution is -0.212. The molecule has 8 heteroatoms. The standard InChI is InChI=1S/C11H13F3N2O3/c1-16-8(17)6-7(15)5-2-3-10(6,4-5)19-9(18)11(12,13)14/h2-3,5-7H,4,15H2,1H3,(H,16,17). The minimum absolute atomic E-state index is 0.105. The van der Waals surface area contributed by atoms with Crippen LogP contribution in [0, 0.1) is 11.8 Å². The van der Waals surface area contributed by atoms with Crippen LogP contribution in [0.2, 0.25) is 0 Å². The number of esters is 1. The molecule has 3 N–H and O–H groups in total. The van der Waals surface area contributed by atoms with E-state index in [1.54, 1.807) is 6.08 Å². The average molecular weight is 278 g/mol. The summed E-state index contributed by atoms with van der Waals surface area (Å²) in [5, 5.41) is 2.33. The normalized spacial score (nSPS) is 36.4. The molecule has 106 valence electrons. The van der Waals surface area contributed by atoms with Crippen LogP contribution < -0.4 is 11.1 Å². The predicted molar refractivity (Wildman–Crippen MR) is 57.7 cm³/mol. The van der Waals surface area contributed by atoms with E-state index in [9.17, 15) is 22.8 Å². The van der Waals surface area contributed by atoms with Crippen LogP contribution in [0.25, 0.3) is 0 Å². The number of carbonyl (C=O) groups is 2. The maximum absolute atomic E-state index is 12.3. The molecule has 0 aliphatic heterocycles. The lowest BCUT2D eigenvalue weighted by Crippen LogP contribution is -2.52. The Morgan fingerprint density at radius 3 is 2.63 bits per heavy atom. The zero-order valence-electron chi connectivity index (χ0n) is 10.0. The Morgan fingerprint density at radius 1 is 1.47 bits per heavy atom. The molecular weight excluding hydrogens is 265 g/mol. The Labute approximate surface area is 107 Å². The molecule has 2 bridgehead atoms. The van der Waals surface area contributed by atoms with Crippen molar-refractivity contribution in [1.29, 1.82) is 0 Å². The van der Waals surface area contributed by atoms with Crippen molar-refractivity contribution in [2.45, 2.75) is 24.2 Å². The van der Waals surface area contributed by atoms with Crippen molar-refractivity contribution in [2.75, 3.05) is 7.05 Å². The van der Waals surface area contributed by atoms with Gasteiger partial charge in [0.05, 0.1) is 5.92 Å². The SMILES string of the molecule is CNC(=O)C1C(N)C2C=CC1(OC(=O)C(F)(F)F)C2. The summed E-state index contributed by atoms with van der Waals surface area (Å²) in [7, 11) is 1.35. The number of ether oxygens (including phenoxy) is 1. The van der Waals surface area contributed by atoms with E-state index < -0.39 is 35.6 Å². The second-order valence-corrected chi connectivity index (χ2v) is 4.74. The summed E-state index contributed by atoms with van der Waals surface area (Å²) >= 11 is 0. The first-order valence-electron chi connectivity index (χ1n) is 5.68. The van der Waals surface area contributed by atoms with Crippen molar-refractivity contribution in [2.24, 2.45) is 17.6 Å². The first-order chi connectivity index (χ1) is 8.71. The van der Waals surface area contributed by atoms with E-state index in [1.165, 1.54) is 13.1 Å². The molecule has 0 aromatic rings. The van der Waals surface area contributed by atoms with E-state index in [4.69, 9.17) is 5.73 Å². The third-order valence-corrected chi connectivity index (χ3v) is 3.63. The van der Waals surface area contributed by atoms with Crippen LogP contribution in [0.4, 0.5) is 13.2 Å². The first-order valence-corrected chi connectivity index (χ1v) is 5.68. The van der Waals surface area contributed by atoms with Gasteiger partial charge in [0.25, 0.3) is 0 Å². The second kappa shape index (κ2) is 4.22. The molecule has 0 aromatic heterocycles. The van der Waals surface area contributed by atoms with Crippen LogP contribution >= 0.6 is 0 Å². The van der Waals surface area contributed by atoms with Crippen LogP contribution in [0.3, 0.4) is 0 Å². The smallest absolute Gasteiger partial charge is 0.447 e. The number of alkyl halides is 3. The number of rotatable bonds is 2. The highest BCUT2D eigenvalue weighted by Crippen LogP contribution is 2.49. The van der Waals surface area contributed by atoms with Crippen molar-refractivity contribution in [3.8, 4) is 0 Å². The highest BCUT2D eigenvalue weighted by Gasteiger charge is 2.61. The van der Waals surface area contributed by atoms with Gasteiger partial charge in [-0.15, -0.1) is 0 Å². The Kier molecular flexibility index (Phi) is 3.08. The summed E-state index contributed by atoms with van der Waals surface area (Å²) in [5.41, 5.74) is 4.24. The van der Waals surface area contributed by atoms with Crippen LogP contribution in [0.5, 0.6) is 0 Å². The zero-order valence-corrected chi connectivity index (χ0v) is 10.0. The fourth-order valence-corrected chi connectivity index (χ4v) is 2.78. The zero-order chi connectivity index (χ0) is 14.4. The van der Waals surface area contributed by atoms with E-state index in [0.717, 1.165) is 0 Å². The molecule has 0 aromatic carbocycles. The third-order valence-electron chi connectivity index (χ3n) is 3.63. The molecule has 2 aliphatic carbocycles. The Balaban J connectivity index is 2.28. The van der Waals surface area contributed by atoms with E-state index in [0.29, 0.717) is 0 Å². The minimum Gasteiger partial charge on any atom is -0.447 e. The van der Waals surface area contributed by atoms with Gasteiger partial charge in [0.15, 0.2) is 0 Å². The monoisotopic (exact) mass is 278 g/mol. The van der Waals surface area contributed by atoms with Gasteiger partial charge in [-0.05, 0) is 18.4 Å². The first kappa shape index (κ1) is 13.9. The lowest BCUT2D eigenvalue weighted by atomic mass is 9.85. The number of carbonyl (C=O) groups excluding carboxylic acids is 2. The van der Waals surface area contributed by atoms with Crippen LogP contribution in [-0.2, 0) is 14.3 Å². The van der Waals surface area contributed by atoms with Crippen molar-refractivity contribution in [3.63, 3.8) is 0 Å². The van der Waals surface area contributed by atoms with Gasteiger partial charge < -0.3 is 15.8 Å². The highest BCUT2D eigenvalue weighted by atomic mass is 19.4. The molecule has 0 heterocycles. The number of nitrogens with two attached hydrogens (primary N) is 1. The van der Waals surface area contributed by atoms with Gasteiger partial charge in [0.2, 0.25) is 5.91 Å². The Hall–Kier alpha value is -1.57. The molecule has 2 rings (SSSR count). The summed E-state index contributed by atoms with van der Waals surface area (Å²) in [6.07, 6.45) is -2.06. The predicted octanol–water partition coefficient (Wildman–Crippen LogP) is 0.110. The highest BCUT2D eigenvalue weighted by molar-refractivity contribution is 5.84. The summed E-state index contributed by atoms with van der Waals surface area (Å²) < 4.78 is 41.5. The minimum atomic E-state index is -5.10. The molecule has 0 spiro atoms. The Morgan fingerprint density at radius 2 is 2.11 bits per heavy atom. The molecule has 0 radical (unpaired) electrons. The number of nitrogens with one attached hydrogen (secondary N) is 1. The van der Waals surface area contributed by atoms with Gasteiger partial charge in [-0.25, -0.2) is 4.79 Å². The van der Waals surface area contributed by atoms with Crippen molar-refractivity contribution >= 4 is 11.9 Å². The average Bonchev–Trinajstić information content (AvgIpc) is 2.82. The van der Waals surface area contributed by atoms with Crippen molar-refractivity contribution < 1.29 is 27.5 Å². The molecule has 4 unspecified atom stereocenters. The Bertz CT molecular complexity index is 449. The third kappa shape index (κ3) is 2.09. The molecular formula is C11H13F3N2O3. The maximum atomic E-state index is 12.3. The molecule has 1 saturated carbocycles. The summed E-state index contributed by atoms with van der Waals surface area (Å²) in [6, 6.07) is -0.661. The number of amides is 1. The number of hydrogen-bond donors (Lipinski definition) is 2. The van der Waals surface area contributed by atoms with Gasteiger partial charge in [-0.2, -0.15) is 13.2 Å². The number of halogens is 3.